The zero-order valence-corrected chi connectivity index (χ0v) is 19.1. The maximum absolute atomic E-state index is 13.6. The second kappa shape index (κ2) is 7.96. The quantitative estimate of drug-likeness (QED) is 0.517. The molecule has 5 amide bonds. The lowest BCUT2D eigenvalue weighted by molar-refractivity contribution is -0.137. The molecule has 2 bridgehead atoms. The number of amides is 5. The Balaban J connectivity index is 1.26. The Bertz CT molecular complexity index is 1510. The van der Waals surface area contributed by atoms with Gasteiger partial charge in [-0.25, -0.2) is 14.5 Å². The van der Waals surface area contributed by atoms with Crippen molar-refractivity contribution in [1.82, 2.24) is 9.80 Å². The van der Waals surface area contributed by atoms with Crippen molar-refractivity contribution < 1.29 is 27.6 Å². The lowest BCUT2D eigenvalue weighted by Crippen LogP contribution is -2.55. The second-order valence-corrected chi connectivity index (χ2v) is 9.21. The highest BCUT2D eigenvalue weighted by molar-refractivity contribution is 6.25. The van der Waals surface area contributed by atoms with E-state index >= 15 is 0 Å². The van der Waals surface area contributed by atoms with Gasteiger partial charge in [-0.2, -0.15) is 18.4 Å². The number of hydrogen-bond acceptors (Lipinski definition) is 4. The summed E-state index contributed by atoms with van der Waals surface area (Å²) in [5.41, 5.74) is 0.160. The predicted molar refractivity (Wildman–Crippen MR) is 127 cm³/mol. The van der Waals surface area contributed by atoms with Crippen LogP contribution in [0.2, 0.25) is 0 Å². The van der Waals surface area contributed by atoms with E-state index in [0.29, 0.717) is 28.4 Å². The van der Waals surface area contributed by atoms with Gasteiger partial charge in [0.15, 0.2) is 0 Å². The number of fused-ring (bicyclic) bond motifs is 6. The van der Waals surface area contributed by atoms with Gasteiger partial charge >= 0.3 is 18.2 Å². The summed E-state index contributed by atoms with van der Waals surface area (Å²) in [5.74, 6) is -0.459. The second-order valence-electron chi connectivity index (χ2n) is 9.21. The van der Waals surface area contributed by atoms with Crippen LogP contribution < -0.4 is 10.2 Å². The summed E-state index contributed by atoms with van der Waals surface area (Å²) in [6, 6.07) is 13.6. The number of nitrogens with zero attached hydrogens (tertiary/aromatic N) is 4. The molecule has 3 atom stereocenters. The molecule has 1 N–H and O–H groups in total. The average Bonchev–Trinajstić information content (AvgIpc) is 3.55. The highest BCUT2D eigenvalue weighted by Gasteiger charge is 2.63. The fourth-order valence-electron chi connectivity index (χ4n) is 5.63. The molecule has 37 heavy (non-hydrogen) atoms. The van der Waals surface area contributed by atoms with Gasteiger partial charge < -0.3 is 15.1 Å². The van der Waals surface area contributed by atoms with Crippen LogP contribution in [0.3, 0.4) is 0 Å². The lowest BCUT2D eigenvalue weighted by Gasteiger charge is -2.34. The van der Waals surface area contributed by atoms with Crippen LogP contribution in [-0.2, 0) is 11.0 Å². The van der Waals surface area contributed by atoms with Crippen LogP contribution in [0, 0.1) is 11.3 Å². The maximum Gasteiger partial charge on any atom is 0.416 e. The van der Waals surface area contributed by atoms with Crippen molar-refractivity contribution in [3.8, 4) is 6.07 Å². The topological polar surface area (TPSA) is 96.8 Å². The number of hydrogen-bond donors (Lipinski definition) is 1. The average molecular weight is 505 g/mol. The van der Waals surface area contributed by atoms with E-state index in [-0.39, 0.29) is 18.3 Å². The van der Waals surface area contributed by atoms with Gasteiger partial charge in [0, 0.05) is 23.0 Å². The van der Waals surface area contributed by atoms with Crippen molar-refractivity contribution in [2.75, 3.05) is 16.8 Å². The molecule has 0 aliphatic carbocycles. The maximum atomic E-state index is 13.6. The fourth-order valence-corrected chi connectivity index (χ4v) is 5.63. The van der Waals surface area contributed by atoms with Crippen LogP contribution in [0.4, 0.5) is 34.1 Å². The normalized spacial score (nSPS) is 22.5. The van der Waals surface area contributed by atoms with Crippen molar-refractivity contribution >= 4 is 40.1 Å². The van der Waals surface area contributed by atoms with E-state index in [1.807, 2.05) is 0 Å². The summed E-state index contributed by atoms with van der Waals surface area (Å²) in [5, 5.41) is 13.2. The number of piperazine rings is 1. The van der Waals surface area contributed by atoms with Gasteiger partial charge in [-0.1, -0.05) is 24.3 Å². The molecule has 186 valence electrons. The number of halogens is 3. The molecule has 0 unspecified atom stereocenters. The number of urea groups is 2. The smallest absolute Gasteiger partial charge is 0.317 e. The monoisotopic (exact) mass is 505 g/mol. The molecule has 0 radical (unpaired) electrons. The third-order valence-electron chi connectivity index (χ3n) is 7.25. The highest BCUT2D eigenvalue weighted by atomic mass is 19.4. The Labute approximate surface area is 208 Å². The molecule has 3 fully saturated rings. The van der Waals surface area contributed by atoms with Crippen LogP contribution in [0.15, 0.2) is 60.7 Å². The Morgan fingerprint density at radius 3 is 2.38 bits per heavy atom. The van der Waals surface area contributed by atoms with Crippen molar-refractivity contribution in [1.29, 1.82) is 5.26 Å². The summed E-state index contributed by atoms with van der Waals surface area (Å²) in [4.78, 5) is 44.1. The first kappa shape index (κ1) is 22.8. The van der Waals surface area contributed by atoms with Crippen LogP contribution in [0.1, 0.15) is 17.5 Å². The first-order chi connectivity index (χ1) is 17.7. The van der Waals surface area contributed by atoms with Crippen molar-refractivity contribution in [3.63, 3.8) is 0 Å². The van der Waals surface area contributed by atoms with Crippen molar-refractivity contribution in [2.45, 2.75) is 30.7 Å². The number of nitrogens with one attached hydrogen (secondary N) is 1. The minimum Gasteiger partial charge on any atom is -0.317 e. The van der Waals surface area contributed by atoms with E-state index < -0.39 is 41.8 Å². The molecule has 3 aromatic rings. The van der Waals surface area contributed by atoms with Crippen LogP contribution >= 0.6 is 0 Å². The fraction of sp³-hybridized carbons (Fsp3) is 0.231. The van der Waals surface area contributed by atoms with Gasteiger partial charge in [-0.3, -0.25) is 4.79 Å². The zero-order valence-electron chi connectivity index (χ0n) is 19.1. The number of carbonyl (C=O) groups is 3. The summed E-state index contributed by atoms with van der Waals surface area (Å²) in [7, 11) is 0. The molecule has 8 nitrogen and oxygen atoms in total. The summed E-state index contributed by atoms with van der Waals surface area (Å²) >= 11 is 0. The highest BCUT2D eigenvalue weighted by Crippen LogP contribution is 2.44. The summed E-state index contributed by atoms with van der Waals surface area (Å²) in [6.45, 7) is 0.203. The Morgan fingerprint density at radius 2 is 1.70 bits per heavy atom. The third-order valence-corrected chi connectivity index (χ3v) is 7.25. The van der Waals surface area contributed by atoms with E-state index in [1.54, 1.807) is 36.4 Å². The van der Waals surface area contributed by atoms with Crippen LogP contribution in [0.25, 0.3) is 10.8 Å². The summed E-state index contributed by atoms with van der Waals surface area (Å²) in [6.07, 6.45) is -4.05. The zero-order chi connectivity index (χ0) is 26.1. The Morgan fingerprint density at radius 1 is 1.00 bits per heavy atom. The van der Waals surface area contributed by atoms with Crippen LogP contribution in [0.5, 0.6) is 0 Å². The molecule has 3 saturated heterocycles. The Hall–Kier alpha value is -4.59. The third kappa shape index (κ3) is 3.40. The Kier molecular flexibility index (Phi) is 4.91. The molecule has 11 heteroatoms. The van der Waals surface area contributed by atoms with Gasteiger partial charge in [0.25, 0.3) is 5.91 Å². The van der Waals surface area contributed by atoms with E-state index in [2.05, 4.69) is 11.4 Å². The largest absolute Gasteiger partial charge is 0.416 e. The van der Waals surface area contributed by atoms with Gasteiger partial charge in [0.05, 0.1) is 35.0 Å². The molecule has 3 aromatic carbocycles. The standard InChI is InChI=1S/C26H18F3N5O3/c27-26(28,29)15-6-8-16(9-7-15)31-24(36)32-13-17-11-21(32)22-23(35)34(25(37)33(17)22)20-10-5-14(12-30)18-3-1-2-4-19(18)20/h1-10,17,21-22H,11,13H2,(H,31,36)/t17-,21-,22+/m0/s1. The van der Waals surface area contributed by atoms with E-state index in [4.69, 9.17) is 0 Å². The first-order valence-electron chi connectivity index (χ1n) is 11.5. The number of likely N-dealkylation sites (tertiary alicyclic amines) is 1. The van der Waals surface area contributed by atoms with Gasteiger partial charge in [-0.05, 0) is 42.8 Å². The van der Waals surface area contributed by atoms with Crippen LogP contribution in [-0.4, -0.2) is 52.4 Å². The molecule has 0 aromatic heterocycles. The number of rotatable bonds is 2. The number of imide groups is 1. The minimum absolute atomic E-state index is 0.192. The summed E-state index contributed by atoms with van der Waals surface area (Å²) < 4.78 is 38.5. The molecular weight excluding hydrogens is 487 g/mol. The first-order valence-corrected chi connectivity index (χ1v) is 11.5. The number of carbonyl (C=O) groups excluding carboxylic acids is 3. The van der Waals surface area contributed by atoms with Crippen molar-refractivity contribution in [2.24, 2.45) is 0 Å². The molecule has 3 aliphatic heterocycles. The molecule has 3 heterocycles. The number of benzene rings is 3. The lowest BCUT2D eigenvalue weighted by atomic mass is 10.0. The molecule has 3 aliphatic rings. The molecular formula is C26H18F3N5O3. The van der Waals surface area contributed by atoms with Gasteiger partial charge in [-0.15, -0.1) is 0 Å². The van der Waals surface area contributed by atoms with Gasteiger partial charge in [0.2, 0.25) is 0 Å². The minimum atomic E-state index is -4.48. The van der Waals surface area contributed by atoms with E-state index in [9.17, 15) is 32.8 Å². The molecule has 0 saturated carbocycles. The number of anilines is 2. The molecule has 0 spiro atoms. The SMILES string of the molecule is N#Cc1ccc(N2C(=O)[C@H]3[C@@H]4C[C@@H](CN4C(=O)Nc4ccc(C(F)(F)F)cc4)N3C2=O)c2ccccc12. The number of nitriles is 1. The van der Waals surface area contributed by atoms with E-state index in [0.717, 1.165) is 17.0 Å². The number of alkyl halides is 3. The van der Waals surface area contributed by atoms with Gasteiger partial charge in [0.1, 0.15) is 6.04 Å². The van der Waals surface area contributed by atoms with E-state index in [1.165, 1.54) is 21.9 Å². The van der Waals surface area contributed by atoms with Crippen molar-refractivity contribution in [3.05, 3.63) is 71.8 Å². The predicted octanol–water partition coefficient (Wildman–Crippen LogP) is 4.56. The molecule has 6 rings (SSSR count).